The molecular weight excluding hydrogens is 264 g/mol. The van der Waals surface area contributed by atoms with Crippen LogP contribution in [0.15, 0.2) is 24.3 Å². The van der Waals surface area contributed by atoms with Crippen LogP contribution in [0.1, 0.15) is 50.5 Å². The zero-order valence-electron chi connectivity index (χ0n) is 12.5. The number of carbonyl (C=O) groups is 2. The van der Waals surface area contributed by atoms with E-state index < -0.39 is 0 Å². The predicted octanol–water partition coefficient (Wildman–Crippen LogP) is 2.90. The maximum atomic E-state index is 13.0. The zero-order chi connectivity index (χ0) is 14.8. The van der Waals surface area contributed by atoms with Gasteiger partial charge in [-0.1, -0.05) is 25.1 Å². The van der Waals surface area contributed by atoms with E-state index in [2.05, 4.69) is 12.2 Å². The lowest BCUT2D eigenvalue weighted by atomic mass is 9.87. The van der Waals surface area contributed by atoms with Crippen molar-refractivity contribution in [2.45, 2.75) is 51.0 Å². The van der Waals surface area contributed by atoms with Crippen LogP contribution in [-0.2, 0) is 9.59 Å². The monoisotopic (exact) mass is 286 g/mol. The Morgan fingerprint density at radius 1 is 1.33 bits per heavy atom. The number of piperidine rings is 1. The highest BCUT2D eigenvalue weighted by atomic mass is 16.2. The first-order valence-electron chi connectivity index (χ1n) is 7.90. The van der Waals surface area contributed by atoms with Gasteiger partial charge in [-0.3, -0.25) is 9.59 Å². The Bertz CT molecular complexity index is 555. The second-order valence-corrected chi connectivity index (χ2v) is 5.98. The van der Waals surface area contributed by atoms with Crippen LogP contribution in [0.3, 0.4) is 0 Å². The summed E-state index contributed by atoms with van der Waals surface area (Å²) in [6.07, 6.45) is 4.62. The van der Waals surface area contributed by atoms with Crippen LogP contribution in [0, 0.1) is 0 Å². The number of benzene rings is 1. The van der Waals surface area contributed by atoms with E-state index in [4.69, 9.17) is 0 Å². The summed E-state index contributed by atoms with van der Waals surface area (Å²) in [5.41, 5.74) is 1.75. The van der Waals surface area contributed by atoms with Gasteiger partial charge >= 0.3 is 0 Å². The number of fused-ring (bicyclic) bond motifs is 1. The molecule has 0 spiro atoms. The molecule has 0 saturated carbocycles. The van der Waals surface area contributed by atoms with E-state index in [1.54, 1.807) is 0 Å². The minimum Gasteiger partial charge on any atom is -0.339 e. The van der Waals surface area contributed by atoms with E-state index in [1.165, 1.54) is 6.42 Å². The number of anilines is 1. The molecule has 1 aromatic carbocycles. The first kappa shape index (κ1) is 14.1. The van der Waals surface area contributed by atoms with Crippen molar-refractivity contribution < 1.29 is 9.59 Å². The number of para-hydroxylation sites is 1. The van der Waals surface area contributed by atoms with E-state index in [0.29, 0.717) is 6.04 Å². The Morgan fingerprint density at radius 3 is 2.95 bits per heavy atom. The van der Waals surface area contributed by atoms with Crippen LogP contribution in [0.4, 0.5) is 5.69 Å². The summed E-state index contributed by atoms with van der Waals surface area (Å²) in [6.45, 7) is 2.97. The largest absolute Gasteiger partial charge is 0.339 e. The van der Waals surface area contributed by atoms with Gasteiger partial charge in [0.25, 0.3) is 0 Å². The van der Waals surface area contributed by atoms with Crippen LogP contribution < -0.4 is 5.32 Å². The van der Waals surface area contributed by atoms with Gasteiger partial charge in [-0.2, -0.15) is 0 Å². The Balaban J connectivity index is 1.89. The minimum atomic E-state index is -0.318. The quantitative estimate of drug-likeness (QED) is 0.908. The van der Waals surface area contributed by atoms with Gasteiger partial charge in [-0.05, 0) is 37.3 Å². The first-order chi connectivity index (χ1) is 10.2. The van der Waals surface area contributed by atoms with Crippen molar-refractivity contribution in [2.75, 3.05) is 11.9 Å². The molecule has 2 aliphatic heterocycles. The summed E-state index contributed by atoms with van der Waals surface area (Å²) in [4.78, 5) is 26.9. The van der Waals surface area contributed by atoms with Crippen molar-refractivity contribution in [3.05, 3.63) is 29.8 Å². The highest BCUT2D eigenvalue weighted by Gasteiger charge is 2.36. The third-order valence-electron chi connectivity index (χ3n) is 4.68. The molecule has 3 rings (SSSR count). The second kappa shape index (κ2) is 5.88. The van der Waals surface area contributed by atoms with Gasteiger partial charge in [0.1, 0.15) is 0 Å². The lowest BCUT2D eigenvalue weighted by molar-refractivity contribution is -0.138. The summed E-state index contributed by atoms with van der Waals surface area (Å²) in [6, 6.07) is 8.00. The van der Waals surface area contributed by atoms with Gasteiger partial charge in [-0.25, -0.2) is 0 Å². The van der Waals surface area contributed by atoms with E-state index in [0.717, 1.165) is 37.1 Å². The number of carbonyl (C=O) groups excluding carboxylic acids is 2. The van der Waals surface area contributed by atoms with Crippen molar-refractivity contribution in [2.24, 2.45) is 0 Å². The third kappa shape index (κ3) is 2.67. The number of hydrogen-bond acceptors (Lipinski definition) is 2. The zero-order valence-corrected chi connectivity index (χ0v) is 12.5. The number of hydrogen-bond donors (Lipinski definition) is 1. The Labute approximate surface area is 125 Å². The fraction of sp³-hybridized carbons (Fsp3) is 0.529. The molecule has 2 atom stereocenters. The van der Waals surface area contributed by atoms with Crippen LogP contribution in [0.2, 0.25) is 0 Å². The molecule has 1 aromatic rings. The standard InChI is InChI=1S/C17H22N2O2/c1-2-12-7-5-6-10-19(12)17(21)14-11-16(20)18-15-9-4-3-8-13(14)15/h3-4,8-9,12,14H,2,5-7,10-11H2,1H3,(H,18,20). The van der Waals surface area contributed by atoms with Crippen LogP contribution in [0.25, 0.3) is 0 Å². The van der Waals surface area contributed by atoms with E-state index in [-0.39, 0.29) is 24.2 Å². The predicted molar refractivity (Wildman–Crippen MR) is 82.1 cm³/mol. The number of nitrogens with zero attached hydrogens (tertiary/aromatic N) is 1. The van der Waals surface area contributed by atoms with Gasteiger partial charge < -0.3 is 10.2 Å². The summed E-state index contributed by atoms with van der Waals surface area (Å²) in [5, 5.41) is 2.86. The van der Waals surface area contributed by atoms with Crippen LogP contribution >= 0.6 is 0 Å². The molecule has 112 valence electrons. The summed E-state index contributed by atoms with van der Waals surface area (Å²) < 4.78 is 0. The highest BCUT2D eigenvalue weighted by Crippen LogP contribution is 2.35. The molecule has 0 aliphatic carbocycles. The van der Waals surface area contributed by atoms with Crippen molar-refractivity contribution in [1.82, 2.24) is 4.90 Å². The van der Waals surface area contributed by atoms with Crippen LogP contribution in [-0.4, -0.2) is 29.3 Å². The topological polar surface area (TPSA) is 49.4 Å². The van der Waals surface area contributed by atoms with E-state index in [9.17, 15) is 9.59 Å². The SMILES string of the molecule is CCC1CCCCN1C(=O)C1CC(=O)Nc2ccccc21. The molecule has 2 amide bonds. The van der Waals surface area contributed by atoms with Gasteiger partial charge in [0.05, 0.1) is 5.92 Å². The molecule has 0 bridgehead atoms. The molecule has 2 aliphatic rings. The van der Waals surface area contributed by atoms with Gasteiger partial charge in [-0.15, -0.1) is 0 Å². The lowest BCUT2D eigenvalue weighted by Gasteiger charge is -2.38. The first-order valence-corrected chi connectivity index (χ1v) is 7.90. The average Bonchev–Trinajstić information content (AvgIpc) is 2.53. The van der Waals surface area contributed by atoms with Gasteiger partial charge in [0.2, 0.25) is 11.8 Å². The number of rotatable bonds is 2. The van der Waals surface area contributed by atoms with Crippen molar-refractivity contribution in [3.63, 3.8) is 0 Å². The third-order valence-corrected chi connectivity index (χ3v) is 4.68. The fourth-order valence-electron chi connectivity index (χ4n) is 3.55. The molecule has 1 fully saturated rings. The molecule has 4 nitrogen and oxygen atoms in total. The van der Waals surface area contributed by atoms with E-state index in [1.807, 2.05) is 29.2 Å². The molecule has 2 heterocycles. The Kier molecular flexibility index (Phi) is 3.95. The maximum absolute atomic E-state index is 13.0. The molecule has 1 saturated heterocycles. The second-order valence-electron chi connectivity index (χ2n) is 5.98. The average molecular weight is 286 g/mol. The van der Waals surface area contributed by atoms with Crippen molar-refractivity contribution in [1.29, 1.82) is 0 Å². The Morgan fingerprint density at radius 2 is 2.14 bits per heavy atom. The molecule has 4 heteroatoms. The highest BCUT2D eigenvalue weighted by molar-refractivity contribution is 6.01. The molecular formula is C17H22N2O2. The molecule has 0 radical (unpaired) electrons. The molecule has 0 aromatic heterocycles. The normalized spacial score (nSPS) is 25.2. The minimum absolute atomic E-state index is 0.0582. The number of nitrogens with one attached hydrogen (secondary N) is 1. The lowest BCUT2D eigenvalue weighted by Crippen LogP contribution is -2.46. The summed E-state index contributed by atoms with van der Waals surface area (Å²) in [7, 11) is 0. The molecule has 2 unspecified atom stereocenters. The van der Waals surface area contributed by atoms with Crippen molar-refractivity contribution in [3.8, 4) is 0 Å². The van der Waals surface area contributed by atoms with Gasteiger partial charge in [0, 0.05) is 24.7 Å². The molecule has 1 N–H and O–H groups in total. The number of likely N-dealkylation sites (tertiary alicyclic amines) is 1. The van der Waals surface area contributed by atoms with Gasteiger partial charge in [0.15, 0.2) is 0 Å². The smallest absolute Gasteiger partial charge is 0.230 e. The number of amides is 2. The van der Waals surface area contributed by atoms with Crippen LogP contribution in [0.5, 0.6) is 0 Å². The fourth-order valence-corrected chi connectivity index (χ4v) is 3.55. The van der Waals surface area contributed by atoms with E-state index >= 15 is 0 Å². The summed E-state index contributed by atoms with van der Waals surface area (Å²) >= 11 is 0. The maximum Gasteiger partial charge on any atom is 0.230 e. The van der Waals surface area contributed by atoms with Crippen molar-refractivity contribution >= 4 is 17.5 Å². The Hall–Kier alpha value is -1.84. The summed E-state index contributed by atoms with van der Waals surface area (Å²) in [5.74, 6) is -0.247. The molecule has 21 heavy (non-hydrogen) atoms.